The zero-order chi connectivity index (χ0) is 17.5. The van der Waals surface area contributed by atoms with Crippen LogP contribution in [-0.4, -0.2) is 47.6 Å². The first-order valence-electron chi connectivity index (χ1n) is 6.49. The Balaban J connectivity index is 2.75. The van der Waals surface area contributed by atoms with Crippen molar-refractivity contribution in [2.45, 2.75) is 11.3 Å². The Bertz CT molecular complexity index is 677. The Morgan fingerprint density at radius 3 is 2.57 bits per heavy atom. The highest BCUT2D eigenvalue weighted by molar-refractivity contribution is 7.89. The monoisotopic (exact) mass is 348 g/mol. The third-order valence-corrected chi connectivity index (χ3v) is 4.17. The SMILES string of the molecule is CNC(=O)CCNS(=O)(=O)c1ccc(OCC(=O)OC)c(F)c1. The van der Waals surface area contributed by atoms with Gasteiger partial charge in [0.25, 0.3) is 0 Å². The second kappa shape index (κ2) is 8.44. The van der Waals surface area contributed by atoms with E-state index in [1.165, 1.54) is 7.05 Å². The number of amides is 1. The lowest BCUT2D eigenvalue weighted by Crippen LogP contribution is -2.29. The molecule has 0 atom stereocenters. The van der Waals surface area contributed by atoms with Crippen LogP contribution >= 0.6 is 0 Å². The number of methoxy groups -OCH3 is 1. The van der Waals surface area contributed by atoms with E-state index in [4.69, 9.17) is 4.74 Å². The van der Waals surface area contributed by atoms with Crippen molar-refractivity contribution in [3.05, 3.63) is 24.0 Å². The van der Waals surface area contributed by atoms with E-state index >= 15 is 0 Å². The van der Waals surface area contributed by atoms with Crippen LogP contribution in [0.4, 0.5) is 4.39 Å². The highest BCUT2D eigenvalue weighted by Crippen LogP contribution is 2.21. The van der Waals surface area contributed by atoms with Crippen molar-refractivity contribution in [3.63, 3.8) is 0 Å². The minimum absolute atomic E-state index is 0.0431. The maximum absolute atomic E-state index is 13.8. The van der Waals surface area contributed by atoms with Gasteiger partial charge in [0.2, 0.25) is 15.9 Å². The van der Waals surface area contributed by atoms with Crippen LogP contribution in [-0.2, 0) is 24.3 Å². The fraction of sp³-hybridized carbons (Fsp3) is 0.385. The smallest absolute Gasteiger partial charge is 0.343 e. The lowest BCUT2D eigenvalue weighted by atomic mass is 10.3. The third kappa shape index (κ3) is 5.83. The third-order valence-electron chi connectivity index (χ3n) is 2.71. The highest BCUT2D eigenvalue weighted by Gasteiger charge is 2.17. The average molecular weight is 348 g/mol. The van der Waals surface area contributed by atoms with Gasteiger partial charge in [-0.2, -0.15) is 0 Å². The van der Waals surface area contributed by atoms with Crippen LogP contribution in [0.3, 0.4) is 0 Å². The molecule has 1 amide bonds. The van der Waals surface area contributed by atoms with Gasteiger partial charge in [0.15, 0.2) is 18.2 Å². The lowest BCUT2D eigenvalue weighted by molar-refractivity contribution is -0.143. The molecule has 0 bridgehead atoms. The van der Waals surface area contributed by atoms with Gasteiger partial charge in [0.1, 0.15) is 0 Å². The molecule has 8 nitrogen and oxygen atoms in total. The van der Waals surface area contributed by atoms with E-state index in [9.17, 15) is 22.4 Å². The number of hydrogen-bond donors (Lipinski definition) is 2. The van der Waals surface area contributed by atoms with Crippen molar-refractivity contribution in [2.75, 3.05) is 27.3 Å². The summed E-state index contributed by atoms with van der Waals surface area (Å²) >= 11 is 0. The molecule has 0 aliphatic rings. The molecule has 0 heterocycles. The number of carbonyl (C=O) groups is 2. The minimum Gasteiger partial charge on any atom is -0.479 e. The molecule has 2 N–H and O–H groups in total. The van der Waals surface area contributed by atoms with Crippen molar-refractivity contribution >= 4 is 21.9 Å². The van der Waals surface area contributed by atoms with Gasteiger partial charge in [-0.25, -0.2) is 22.3 Å². The first kappa shape index (κ1) is 18.8. The largest absolute Gasteiger partial charge is 0.479 e. The molecular weight excluding hydrogens is 331 g/mol. The number of carbonyl (C=O) groups excluding carboxylic acids is 2. The summed E-state index contributed by atoms with van der Waals surface area (Å²) in [5, 5.41) is 2.35. The number of benzene rings is 1. The summed E-state index contributed by atoms with van der Waals surface area (Å²) in [7, 11) is -1.37. The molecule has 0 saturated carbocycles. The summed E-state index contributed by atoms with van der Waals surface area (Å²) in [6, 6.07) is 2.97. The van der Waals surface area contributed by atoms with Gasteiger partial charge >= 0.3 is 5.97 Å². The first-order valence-corrected chi connectivity index (χ1v) is 7.98. The quantitative estimate of drug-likeness (QED) is 0.629. The Labute approximate surface area is 133 Å². The summed E-state index contributed by atoms with van der Waals surface area (Å²) in [4.78, 5) is 21.6. The fourth-order valence-corrected chi connectivity index (χ4v) is 2.51. The molecule has 0 fully saturated rings. The van der Waals surface area contributed by atoms with Crippen molar-refractivity contribution < 1.29 is 31.9 Å². The number of halogens is 1. The van der Waals surface area contributed by atoms with Gasteiger partial charge < -0.3 is 14.8 Å². The predicted molar refractivity (Wildman–Crippen MR) is 77.8 cm³/mol. The Hall–Kier alpha value is -2.20. The number of nitrogens with one attached hydrogen (secondary N) is 2. The molecule has 0 spiro atoms. The molecule has 0 saturated heterocycles. The molecule has 10 heteroatoms. The van der Waals surface area contributed by atoms with Gasteiger partial charge in [-0.15, -0.1) is 0 Å². The molecule has 0 unspecified atom stereocenters. The molecule has 23 heavy (non-hydrogen) atoms. The van der Waals surface area contributed by atoms with Gasteiger partial charge in [-0.05, 0) is 18.2 Å². The van der Waals surface area contributed by atoms with Crippen molar-refractivity contribution in [3.8, 4) is 5.75 Å². The summed E-state index contributed by atoms with van der Waals surface area (Å²) < 4.78 is 49.1. The summed E-state index contributed by atoms with van der Waals surface area (Å²) in [5.41, 5.74) is 0. The van der Waals surface area contributed by atoms with Crippen LogP contribution in [0.15, 0.2) is 23.1 Å². The summed E-state index contributed by atoms with van der Waals surface area (Å²) in [6.07, 6.45) is -0.0431. The van der Waals surface area contributed by atoms with E-state index in [2.05, 4.69) is 14.8 Å². The Morgan fingerprint density at radius 1 is 1.30 bits per heavy atom. The van der Waals surface area contributed by atoms with Crippen LogP contribution < -0.4 is 14.8 Å². The van der Waals surface area contributed by atoms with Gasteiger partial charge in [0, 0.05) is 20.0 Å². The second-order valence-electron chi connectivity index (χ2n) is 4.28. The van der Waals surface area contributed by atoms with Crippen LogP contribution in [0.1, 0.15) is 6.42 Å². The van der Waals surface area contributed by atoms with Crippen molar-refractivity contribution in [2.24, 2.45) is 0 Å². The second-order valence-corrected chi connectivity index (χ2v) is 6.04. The first-order chi connectivity index (χ1) is 10.8. The van der Waals surface area contributed by atoms with Crippen LogP contribution in [0, 0.1) is 5.82 Å². The van der Waals surface area contributed by atoms with E-state index in [1.54, 1.807) is 0 Å². The highest BCUT2D eigenvalue weighted by atomic mass is 32.2. The molecule has 0 radical (unpaired) electrons. The minimum atomic E-state index is -3.96. The lowest BCUT2D eigenvalue weighted by Gasteiger charge is -2.09. The topological polar surface area (TPSA) is 111 Å². The molecule has 1 aromatic carbocycles. The fourth-order valence-electron chi connectivity index (χ4n) is 1.47. The van der Waals surface area contributed by atoms with E-state index < -0.39 is 28.4 Å². The van der Waals surface area contributed by atoms with E-state index in [0.29, 0.717) is 0 Å². The van der Waals surface area contributed by atoms with Crippen molar-refractivity contribution in [1.82, 2.24) is 10.0 Å². The standard InChI is InChI=1S/C13H17FN2O6S/c1-15-12(17)5-6-16-23(19,20)9-3-4-11(10(14)7-9)22-8-13(18)21-2/h3-4,7,16H,5-6,8H2,1-2H3,(H,15,17). The van der Waals surface area contributed by atoms with E-state index in [-0.39, 0.29) is 29.5 Å². The normalized spacial score (nSPS) is 10.9. The van der Waals surface area contributed by atoms with Crippen molar-refractivity contribution in [1.29, 1.82) is 0 Å². The van der Waals surface area contributed by atoms with Gasteiger partial charge in [0.05, 0.1) is 12.0 Å². The number of rotatable bonds is 8. The molecular formula is C13H17FN2O6S. The van der Waals surface area contributed by atoms with Crippen LogP contribution in [0.25, 0.3) is 0 Å². The predicted octanol–water partition coefficient (Wildman–Crippen LogP) is -0.208. The van der Waals surface area contributed by atoms with Gasteiger partial charge in [-0.3, -0.25) is 4.79 Å². The number of sulfonamides is 1. The summed E-state index contributed by atoms with van der Waals surface area (Å²) in [5.74, 6) is -2.25. The zero-order valence-corrected chi connectivity index (χ0v) is 13.4. The molecule has 0 aromatic heterocycles. The number of hydrogen-bond acceptors (Lipinski definition) is 6. The Morgan fingerprint density at radius 2 is 2.00 bits per heavy atom. The molecule has 128 valence electrons. The van der Waals surface area contributed by atoms with Crippen LogP contribution in [0.2, 0.25) is 0 Å². The van der Waals surface area contributed by atoms with Gasteiger partial charge in [-0.1, -0.05) is 0 Å². The zero-order valence-electron chi connectivity index (χ0n) is 12.6. The molecule has 1 aromatic rings. The molecule has 1 rings (SSSR count). The summed E-state index contributed by atoms with van der Waals surface area (Å²) in [6.45, 7) is -0.617. The maximum atomic E-state index is 13.8. The van der Waals surface area contributed by atoms with Crippen LogP contribution in [0.5, 0.6) is 5.75 Å². The van der Waals surface area contributed by atoms with E-state index in [0.717, 1.165) is 25.3 Å². The molecule has 0 aliphatic heterocycles. The Kier molecular flexibility index (Phi) is 6.91. The number of esters is 1. The maximum Gasteiger partial charge on any atom is 0.343 e. The number of ether oxygens (including phenoxy) is 2. The molecule has 0 aliphatic carbocycles. The van der Waals surface area contributed by atoms with E-state index in [1.807, 2.05) is 0 Å². The average Bonchev–Trinajstić information content (AvgIpc) is 2.52.